The first-order chi connectivity index (χ1) is 14.6. The second kappa shape index (κ2) is 10.7. The van der Waals surface area contributed by atoms with E-state index in [-0.39, 0.29) is 5.75 Å². The zero-order valence-electron chi connectivity index (χ0n) is 16.5. The molecule has 6 nitrogen and oxygen atoms in total. The van der Waals surface area contributed by atoms with Crippen LogP contribution in [-0.4, -0.2) is 44.9 Å². The number of halogens is 2. The fourth-order valence-electron chi connectivity index (χ4n) is 2.57. The number of nitrogens with zero attached hydrogens (tertiary/aromatic N) is 3. The van der Waals surface area contributed by atoms with Gasteiger partial charge in [-0.15, -0.1) is 11.3 Å². The maximum atomic E-state index is 12.4. The first-order valence-corrected chi connectivity index (χ1v) is 9.92. The zero-order valence-corrected chi connectivity index (χ0v) is 17.3. The number of aromatic nitrogens is 1. The summed E-state index contributed by atoms with van der Waals surface area (Å²) in [7, 11) is 3.23. The summed E-state index contributed by atoms with van der Waals surface area (Å²) in [6.45, 7) is -1.87. The Bertz CT molecular complexity index is 1030. The molecule has 1 aromatic heterocycles. The van der Waals surface area contributed by atoms with Gasteiger partial charge in [-0.05, 0) is 54.1 Å². The van der Waals surface area contributed by atoms with Gasteiger partial charge in [-0.1, -0.05) is 0 Å². The minimum Gasteiger partial charge on any atom is -0.497 e. The van der Waals surface area contributed by atoms with Crippen molar-refractivity contribution < 1.29 is 23.0 Å². The molecule has 0 saturated heterocycles. The summed E-state index contributed by atoms with van der Waals surface area (Å²) in [4.78, 5) is 5.23. The van der Waals surface area contributed by atoms with Crippen molar-refractivity contribution in [3.8, 4) is 22.8 Å². The van der Waals surface area contributed by atoms with Crippen LogP contribution in [0.1, 0.15) is 5.56 Å². The lowest BCUT2D eigenvalue weighted by Crippen LogP contribution is -2.13. The maximum Gasteiger partial charge on any atom is 0.387 e. The first kappa shape index (κ1) is 21.7. The van der Waals surface area contributed by atoms with E-state index in [1.165, 1.54) is 23.5 Å². The van der Waals surface area contributed by atoms with Gasteiger partial charge >= 0.3 is 6.61 Å². The quantitative estimate of drug-likeness (QED) is 0.374. The fraction of sp³-hybridized carbons (Fsp3) is 0.238. The number of ether oxygens (including phenoxy) is 3. The molecular formula is C21H21F2N3O3S. The van der Waals surface area contributed by atoms with Gasteiger partial charge in [0.05, 0.1) is 32.2 Å². The van der Waals surface area contributed by atoms with E-state index in [1.807, 2.05) is 29.6 Å². The normalized spacial score (nSPS) is 12.1. The third-order valence-corrected chi connectivity index (χ3v) is 4.90. The molecule has 0 radical (unpaired) electrons. The molecule has 0 spiro atoms. The molecule has 0 aliphatic rings. The standard InChI is InChI=1S/C21H21F2N3O3S/c1-27-12-11-24-21-26(25-13-15-3-7-17(28-2)8-4-15)19(14-30-21)16-5-9-18(10-6-16)29-20(22)23/h3-10,13-14,20H,11-12H2,1-2H3. The molecule has 0 bridgehead atoms. The molecule has 30 heavy (non-hydrogen) atoms. The predicted molar refractivity (Wildman–Crippen MR) is 113 cm³/mol. The van der Waals surface area contributed by atoms with Crippen molar-refractivity contribution in [1.82, 2.24) is 4.68 Å². The van der Waals surface area contributed by atoms with E-state index in [4.69, 9.17) is 9.47 Å². The minimum atomic E-state index is -2.86. The summed E-state index contributed by atoms with van der Waals surface area (Å²) in [5, 5.41) is 6.51. The van der Waals surface area contributed by atoms with Crippen LogP contribution in [0, 0.1) is 0 Å². The van der Waals surface area contributed by atoms with E-state index in [2.05, 4.69) is 14.8 Å². The van der Waals surface area contributed by atoms with Crippen molar-refractivity contribution in [3.63, 3.8) is 0 Å². The Morgan fingerprint density at radius 2 is 1.73 bits per heavy atom. The van der Waals surface area contributed by atoms with Crippen LogP contribution in [0.25, 0.3) is 11.3 Å². The SMILES string of the molecule is COCCN=c1scc(-c2ccc(OC(F)F)cc2)n1N=Cc1ccc(OC)cc1. The van der Waals surface area contributed by atoms with Crippen molar-refractivity contribution >= 4 is 17.6 Å². The van der Waals surface area contributed by atoms with E-state index >= 15 is 0 Å². The predicted octanol–water partition coefficient (Wildman–Crippen LogP) is 4.26. The van der Waals surface area contributed by atoms with Gasteiger partial charge in [0.25, 0.3) is 0 Å². The molecule has 0 aliphatic carbocycles. The lowest BCUT2D eigenvalue weighted by atomic mass is 10.2. The molecule has 2 aromatic carbocycles. The minimum absolute atomic E-state index is 0.0993. The number of benzene rings is 2. The van der Waals surface area contributed by atoms with Crippen LogP contribution in [0.3, 0.4) is 0 Å². The number of alkyl halides is 2. The maximum absolute atomic E-state index is 12.4. The molecule has 0 fully saturated rings. The number of thiazole rings is 1. The van der Waals surface area contributed by atoms with Crippen LogP contribution < -0.4 is 14.3 Å². The van der Waals surface area contributed by atoms with Gasteiger partial charge in [-0.3, -0.25) is 4.99 Å². The van der Waals surface area contributed by atoms with Crippen LogP contribution >= 0.6 is 11.3 Å². The number of hydrogen-bond acceptors (Lipinski definition) is 6. The first-order valence-electron chi connectivity index (χ1n) is 9.04. The number of rotatable bonds is 9. The zero-order chi connectivity index (χ0) is 21.3. The third kappa shape index (κ3) is 5.74. The average Bonchev–Trinajstić information content (AvgIpc) is 3.15. The Morgan fingerprint density at radius 3 is 2.37 bits per heavy atom. The van der Waals surface area contributed by atoms with Crippen LogP contribution in [0.5, 0.6) is 11.5 Å². The average molecular weight is 433 g/mol. The fourth-order valence-corrected chi connectivity index (χ4v) is 3.44. The molecular weight excluding hydrogens is 412 g/mol. The van der Waals surface area contributed by atoms with Gasteiger partial charge in [-0.2, -0.15) is 13.9 Å². The molecule has 1 heterocycles. The van der Waals surface area contributed by atoms with Crippen molar-refractivity contribution in [2.75, 3.05) is 27.4 Å². The lowest BCUT2D eigenvalue weighted by Gasteiger charge is -2.07. The van der Waals surface area contributed by atoms with Gasteiger partial charge in [0.2, 0.25) is 4.80 Å². The van der Waals surface area contributed by atoms with E-state index in [1.54, 1.807) is 37.2 Å². The smallest absolute Gasteiger partial charge is 0.387 e. The van der Waals surface area contributed by atoms with Crippen LogP contribution in [-0.2, 0) is 4.74 Å². The topological polar surface area (TPSA) is 57.3 Å². The molecule has 0 saturated carbocycles. The van der Waals surface area contributed by atoms with E-state index in [9.17, 15) is 8.78 Å². The highest BCUT2D eigenvalue weighted by molar-refractivity contribution is 7.07. The molecule has 0 aliphatic heterocycles. The van der Waals surface area contributed by atoms with Crippen molar-refractivity contribution in [1.29, 1.82) is 0 Å². The summed E-state index contributed by atoms with van der Waals surface area (Å²) >= 11 is 1.43. The van der Waals surface area contributed by atoms with E-state index in [0.717, 1.165) is 22.6 Å². The Labute approximate surface area is 176 Å². The largest absolute Gasteiger partial charge is 0.497 e. The highest BCUT2D eigenvalue weighted by Gasteiger charge is 2.09. The Kier molecular flexibility index (Phi) is 7.69. The summed E-state index contributed by atoms with van der Waals surface area (Å²) in [6.07, 6.45) is 1.72. The Hall–Kier alpha value is -3.04. The molecule has 3 rings (SSSR count). The van der Waals surface area contributed by atoms with Gasteiger partial charge < -0.3 is 14.2 Å². The highest BCUT2D eigenvalue weighted by atomic mass is 32.1. The van der Waals surface area contributed by atoms with Crippen LogP contribution in [0.15, 0.2) is 64.0 Å². The Balaban J connectivity index is 1.94. The molecule has 0 atom stereocenters. The molecule has 158 valence electrons. The van der Waals surface area contributed by atoms with Crippen LogP contribution in [0.4, 0.5) is 8.78 Å². The van der Waals surface area contributed by atoms with Gasteiger partial charge in [0.1, 0.15) is 11.5 Å². The molecule has 9 heteroatoms. The lowest BCUT2D eigenvalue weighted by molar-refractivity contribution is -0.0498. The monoisotopic (exact) mass is 433 g/mol. The van der Waals surface area contributed by atoms with Gasteiger partial charge in [0, 0.05) is 18.1 Å². The van der Waals surface area contributed by atoms with Crippen LogP contribution in [0.2, 0.25) is 0 Å². The van der Waals surface area contributed by atoms with Crippen molar-refractivity contribution in [2.24, 2.45) is 10.1 Å². The Morgan fingerprint density at radius 1 is 1.03 bits per heavy atom. The second-order valence-electron chi connectivity index (χ2n) is 6.01. The summed E-state index contributed by atoms with van der Waals surface area (Å²) in [6, 6.07) is 13.9. The van der Waals surface area contributed by atoms with Crippen molar-refractivity contribution in [3.05, 3.63) is 64.3 Å². The summed E-state index contributed by atoms with van der Waals surface area (Å²) in [5.41, 5.74) is 2.47. The molecule has 3 aromatic rings. The number of methoxy groups -OCH3 is 2. The summed E-state index contributed by atoms with van der Waals surface area (Å²) in [5.74, 6) is 0.861. The van der Waals surface area contributed by atoms with Gasteiger partial charge in [0.15, 0.2) is 0 Å². The molecule has 0 amide bonds. The van der Waals surface area contributed by atoms with Crippen molar-refractivity contribution in [2.45, 2.75) is 6.61 Å². The van der Waals surface area contributed by atoms with E-state index < -0.39 is 6.61 Å². The molecule has 0 N–H and O–H groups in total. The highest BCUT2D eigenvalue weighted by Crippen LogP contribution is 2.24. The number of hydrogen-bond donors (Lipinski definition) is 0. The summed E-state index contributed by atoms with van der Waals surface area (Å²) < 4.78 is 41.2. The van der Waals surface area contributed by atoms with Gasteiger partial charge in [-0.25, -0.2) is 4.68 Å². The van der Waals surface area contributed by atoms with E-state index in [0.29, 0.717) is 18.0 Å². The second-order valence-corrected chi connectivity index (χ2v) is 6.85. The molecule has 0 unspecified atom stereocenters. The third-order valence-electron chi connectivity index (χ3n) is 4.04.